The number of hydrogen-bond donors (Lipinski definition) is 4. The van der Waals surface area contributed by atoms with Crippen LogP contribution in [0, 0.1) is 0 Å². The minimum atomic E-state index is -0.656. The Bertz CT molecular complexity index is 709. The Kier molecular flexibility index (Phi) is 3.78. The Hall–Kier alpha value is -2.83. The van der Waals surface area contributed by atoms with Crippen molar-refractivity contribution in [1.82, 2.24) is 15.5 Å². The third-order valence-corrected chi connectivity index (χ3v) is 3.75. The monoisotopic (exact) mass is 299 g/mol. The van der Waals surface area contributed by atoms with Crippen LogP contribution in [0.2, 0.25) is 0 Å². The minimum Gasteiger partial charge on any atom is -0.351 e. The molecule has 0 aliphatic heterocycles. The van der Waals surface area contributed by atoms with Gasteiger partial charge in [-0.05, 0) is 36.6 Å². The highest BCUT2D eigenvalue weighted by Crippen LogP contribution is 2.19. The maximum Gasteiger partial charge on any atom is 0.316 e. The number of primary amides is 1. The van der Waals surface area contributed by atoms with Crippen LogP contribution in [-0.4, -0.2) is 28.2 Å². The number of benzene rings is 1. The zero-order valence-corrected chi connectivity index (χ0v) is 11.9. The second-order valence-electron chi connectivity index (χ2n) is 5.36. The van der Waals surface area contributed by atoms with Crippen molar-refractivity contribution in [2.45, 2.75) is 25.3 Å². The summed E-state index contributed by atoms with van der Waals surface area (Å²) in [7, 11) is 0. The standard InChI is InChI=1S/C15H17N5O2/c16-15(22)19-11-3-1-2-9(6-11)14(21)18-12-5-4-10-8-17-20-13(10)7-12/h1-3,6,8,12H,4-5,7H2,(H,17,20)(H,18,21)(H3,16,19,22). The molecule has 0 radical (unpaired) electrons. The number of aromatic nitrogens is 2. The van der Waals surface area contributed by atoms with Crippen LogP contribution < -0.4 is 16.4 Å². The number of nitrogens with zero attached hydrogens (tertiary/aromatic N) is 1. The molecule has 0 spiro atoms. The van der Waals surface area contributed by atoms with Gasteiger partial charge in [0.05, 0.1) is 6.20 Å². The van der Waals surface area contributed by atoms with Gasteiger partial charge >= 0.3 is 6.03 Å². The van der Waals surface area contributed by atoms with Crippen LogP contribution in [0.25, 0.3) is 0 Å². The van der Waals surface area contributed by atoms with Gasteiger partial charge in [0.2, 0.25) is 0 Å². The Morgan fingerprint density at radius 1 is 1.36 bits per heavy atom. The second kappa shape index (κ2) is 5.88. The van der Waals surface area contributed by atoms with Crippen LogP contribution in [0.5, 0.6) is 0 Å². The molecule has 114 valence electrons. The number of aromatic amines is 1. The molecule has 1 heterocycles. The highest BCUT2D eigenvalue weighted by atomic mass is 16.2. The molecule has 2 aromatic rings. The first kappa shape index (κ1) is 14.1. The number of aryl methyl sites for hydroxylation is 1. The smallest absolute Gasteiger partial charge is 0.316 e. The van der Waals surface area contributed by atoms with Gasteiger partial charge in [0, 0.05) is 29.4 Å². The van der Waals surface area contributed by atoms with Crippen molar-refractivity contribution in [2.24, 2.45) is 5.73 Å². The van der Waals surface area contributed by atoms with E-state index in [0.717, 1.165) is 25.0 Å². The van der Waals surface area contributed by atoms with Gasteiger partial charge in [0.15, 0.2) is 0 Å². The summed E-state index contributed by atoms with van der Waals surface area (Å²) in [5, 5.41) is 12.5. The summed E-state index contributed by atoms with van der Waals surface area (Å²) in [6, 6.07) is 6.11. The quantitative estimate of drug-likeness (QED) is 0.682. The summed E-state index contributed by atoms with van der Waals surface area (Å²) in [5.41, 5.74) is 8.37. The number of carbonyl (C=O) groups excluding carboxylic acids is 2. The van der Waals surface area contributed by atoms with Crippen molar-refractivity contribution < 1.29 is 9.59 Å². The highest BCUT2D eigenvalue weighted by Gasteiger charge is 2.22. The number of rotatable bonds is 3. The summed E-state index contributed by atoms with van der Waals surface area (Å²) in [5.74, 6) is -0.166. The number of urea groups is 1. The normalized spacial score (nSPS) is 16.6. The van der Waals surface area contributed by atoms with Gasteiger partial charge in [-0.3, -0.25) is 9.89 Å². The lowest BCUT2D eigenvalue weighted by Gasteiger charge is -2.22. The zero-order valence-electron chi connectivity index (χ0n) is 11.9. The Morgan fingerprint density at radius 2 is 2.23 bits per heavy atom. The van der Waals surface area contributed by atoms with E-state index in [9.17, 15) is 9.59 Å². The molecule has 0 fully saturated rings. The maximum atomic E-state index is 12.3. The minimum absolute atomic E-state index is 0.0770. The number of fused-ring (bicyclic) bond motifs is 1. The first-order valence-electron chi connectivity index (χ1n) is 7.10. The van der Waals surface area contributed by atoms with E-state index in [1.807, 2.05) is 6.20 Å². The van der Waals surface area contributed by atoms with Crippen LogP contribution in [-0.2, 0) is 12.8 Å². The molecule has 1 atom stereocenters. The van der Waals surface area contributed by atoms with Crippen molar-refractivity contribution in [3.05, 3.63) is 47.3 Å². The van der Waals surface area contributed by atoms with Crippen LogP contribution in [0.3, 0.4) is 0 Å². The van der Waals surface area contributed by atoms with E-state index in [0.29, 0.717) is 11.3 Å². The summed E-state index contributed by atoms with van der Waals surface area (Å²) in [6.45, 7) is 0. The number of hydrogen-bond acceptors (Lipinski definition) is 3. The SMILES string of the molecule is NC(=O)Nc1cccc(C(=O)NC2CCc3cn[nH]c3C2)c1. The Balaban J connectivity index is 1.66. The average Bonchev–Trinajstić information content (AvgIpc) is 2.94. The average molecular weight is 299 g/mol. The Labute approximate surface area is 127 Å². The molecule has 5 N–H and O–H groups in total. The molecule has 7 nitrogen and oxygen atoms in total. The molecule has 1 unspecified atom stereocenters. The third kappa shape index (κ3) is 3.08. The molecule has 0 saturated heterocycles. The predicted octanol–water partition coefficient (Wildman–Crippen LogP) is 1.19. The van der Waals surface area contributed by atoms with Crippen LogP contribution in [0.4, 0.5) is 10.5 Å². The molecule has 0 saturated carbocycles. The number of H-pyrrole nitrogens is 1. The summed E-state index contributed by atoms with van der Waals surface area (Å²) < 4.78 is 0. The van der Waals surface area contributed by atoms with Gasteiger partial charge < -0.3 is 16.4 Å². The fraction of sp³-hybridized carbons (Fsp3) is 0.267. The number of amides is 3. The fourth-order valence-corrected chi connectivity index (χ4v) is 2.68. The lowest BCUT2D eigenvalue weighted by atomic mass is 9.93. The highest BCUT2D eigenvalue weighted by molar-refractivity contribution is 5.96. The zero-order chi connectivity index (χ0) is 15.5. The van der Waals surface area contributed by atoms with Crippen LogP contribution in [0.1, 0.15) is 28.0 Å². The summed E-state index contributed by atoms with van der Waals surface area (Å²) >= 11 is 0. The summed E-state index contributed by atoms with van der Waals surface area (Å²) in [6.07, 6.45) is 4.38. The van der Waals surface area contributed by atoms with Crippen molar-refractivity contribution in [1.29, 1.82) is 0 Å². The molecule has 7 heteroatoms. The molecule has 1 aromatic heterocycles. The molecular weight excluding hydrogens is 282 g/mol. The fourth-order valence-electron chi connectivity index (χ4n) is 2.68. The van der Waals surface area contributed by atoms with Gasteiger partial charge in [-0.2, -0.15) is 5.10 Å². The van der Waals surface area contributed by atoms with Gasteiger partial charge in [-0.1, -0.05) is 6.07 Å². The van der Waals surface area contributed by atoms with E-state index in [1.165, 1.54) is 5.56 Å². The van der Waals surface area contributed by atoms with E-state index in [2.05, 4.69) is 20.8 Å². The van der Waals surface area contributed by atoms with Crippen molar-refractivity contribution >= 4 is 17.6 Å². The largest absolute Gasteiger partial charge is 0.351 e. The van der Waals surface area contributed by atoms with Crippen molar-refractivity contribution in [3.8, 4) is 0 Å². The van der Waals surface area contributed by atoms with Crippen LogP contribution in [0.15, 0.2) is 30.5 Å². The van der Waals surface area contributed by atoms with Crippen LogP contribution >= 0.6 is 0 Å². The van der Waals surface area contributed by atoms with E-state index in [4.69, 9.17) is 5.73 Å². The summed E-state index contributed by atoms with van der Waals surface area (Å²) in [4.78, 5) is 23.2. The maximum absolute atomic E-state index is 12.3. The van der Waals surface area contributed by atoms with E-state index in [1.54, 1.807) is 24.3 Å². The van der Waals surface area contributed by atoms with E-state index < -0.39 is 6.03 Å². The van der Waals surface area contributed by atoms with Gasteiger partial charge in [-0.15, -0.1) is 0 Å². The van der Waals surface area contributed by atoms with Crippen molar-refractivity contribution in [2.75, 3.05) is 5.32 Å². The number of nitrogens with two attached hydrogens (primary N) is 1. The first-order chi connectivity index (χ1) is 10.6. The van der Waals surface area contributed by atoms with Crippen molar-refractivity contribution in [3.63, 3.8) is 0 Å². The number of nitrogens with one attached hydrogen (secondary N) is 3. The molecule has 1 aromatic carbocycles. The molecule has 1 aliphatic carbocycles. The molecule has 1 aliphatic rings. The second-order valence-corrected chi connectivity index (χ2v) is 5.36. The number of anilines is 1. The van der Waals surface area contributed by atoms with Gasteiger partial charge in [-0.25, -0.2) is 4.79 Å². The topological polar surface area (TPSA) is 113 Å². The first-order valence-corrected chi connectivity index (χ1v) is 7.10. The molecule has 0 bridgehead atoms. The van der Waals surface area contributed by atoms with E-state index in [-0.39, 0.29) is 11.9 Å². The Morgan fingerprint density at radius 3 is 3.05 bits per heavy atom. The molecular formula is C15H17N5O2. The molecule has 3 amide bonds. The van der Waals surface area contributed by atoms with Gasteiger partial charge in [0.25, 0.3) is 5.91 Å². The van der Waals surface area contributed by atoms with E-state index >= 15 is 0 Å². The predicted molar refractivity (Wildman–Crippen MR) is 81.5 cm³/mol. The lowest BCUT2D eigenvalue weighted by Crippen LogP contribution is -2.38. The van der Waals surface area contributed by atoms with Gasteiger partial charge in [0.1, 0.15) is 0 Å². The molecule has 22 heavy (non-hydrogen) atoms. The number of carbonyl (C=O) groups is 2. The third-order valence-electron chi connectivity index (χ3n) is 3.75. The lowest BCUT2D eigenvalue weighted by molar-refractivity contribution is 0.0933. The molecule has 3 rings (SSSR count).